The van der Waals surface area contributed by atoms with Crippen molar-refractivity contribution in [1.82, 2.24) is 14.7 Å². The maximum absolute atomic E-state index is 12.2. The van der Waals surface area contributed by atoms with E-state index in [2.05, 4.69) is 45.0 Å². The lowest BCUT2D eigenvalue weighted by Crippen LogP contribution is -2.59. The number of nitrogens with zero attached hydrogens (tertiary/aromatic N) is 3. The Hall–Kier alpha value is -1.43. The van der Waals surface area contributed by atoms with Gasteiger partial charge in [0.25, 0.3) is 0 Å². The zero-order valence-corrected chi connectivity index (χ0v) is 15.6. The Balaban J connectivity index is 1.49. The van der Waals surface area contributed by atoms with E-state index < -0.39 is 0 Å². The average Bonchev–Trinajstić information content (AvgIpc) is 2.64. The normalized spacial score (nSPS) is 24.3. The van der Waals surface area contributed by atoms with Gasteiger partial charge in [-0.05, 0) is 45.5 Å². The molecule has 2 aliphatic heterocycles. The average molecular weight is 345 g/mol. The molecule has 0 saturated carbocycles. The molecule has 0 bridgehead atoms. The molecule has 2 fully saturated rings. The molecule has 0 aromatic heterocycles. The van der Waals surface area contributed by atoms with Crippen LogP contribution in [0.2, 0.25) is 0 Å². The van der Waals surface area contributed by atoms with Gasteiger partial charge in [0.1, 0.15) is 6.04 Å². The smallest absolute Gasteiger partial charge is 0.324 e. The van der Waals surface area contributed by atoms with Crippen molar-refractivity contribution in [2.45, 2.75) is 38.4 Å². The minimum atomic E-state index is -0.115. The Labute approximate surface area is 151 Å². The molecule has 0 spiro atoms. The number of hydrogen-bond donors (Lipinski definition) is 0. The molecule has 0 N–H and O–H groups in total. The number of carbonyl (C=O) groups excluding carboxylic acids is 1. The number of likely N-dealkylation sites (N-methyl/N-ethyl adjacent to an activating group) is 1. The molecule has 138 valence electrons. The van der Waals surface area contributed by atoms with E-state index in [0.29, 0.717) is 12.6 Å². The maximum atomic E-state index is 12.2. The summed E-state index contributed by atoms with van der Waals surface area (Å²) in [6.07, 6.45) is 2.37. The Morgan fingerprint density at radius 2 is 1.84 bits per heavy atom. The van der Waals surface area contributed by atoms with Gasteiger partial charge >= 0.3 is 5.97 Å². The summed E-state index contributed by atoms with van der Waals surface area (Å²) in [4.78, 5) is 19.4. The fraction of sp³-hybridized carbons (Fsp3) is 0.650. The van der Waals surface area contributed by atoms with Crippen LogP contribution in [0.3, 0.4) is 0 Å². The summed E-state index contributed by atoms with van der Waals surface area (Å²) in [5, 5.41) is 0. The molecule has 5 nitrogen and oxygen atoms in total. The number of piperidine rings is 1. The first-order chi connectivity index (χ1) is 12.2. The molecule has 25 heavy (non-hydrogen) atoms. The monoisotopic (exact) mass is 345 g/mol. The molecule has 3 rings (SSSR count). The van der Waals surface area contributed by atoms with E-state index in [4.69, 9.17) is 4.74 Å². The van der Waals surface area contributed by atoms with Gasteiger partial charge in [-0.3, -0.25) is 19.5 Å². The van der Waals surface area contributed by atoms with E-state index in [0.717, 1.165) is 39.3 Å². The highest BCUT2D eigenvalue weighted by Crippen LogP contribution is 2.21. The Morgan fingerprint density at radius 3 is 2.52 bits per heavy atom. The van der Waals surface area contributed by atoms with E-state index >= 15 is 0 Å². The molecular formula is C20H31N3O2. The molecule has 2 heterocycles. The SMILES string of the molecule is CCOC(=O)C1CN(C2CCN(Cc3ccccc3)CC2)CCN1C. The lowest BCUT2D eigenvalue weighted by Gasteiger charge is -2.44. The van der Waals surface area contributed by atoms with Crippen LogP contribution in [0.25, 0.3) is 0 Å². The standard InChI is InChI=1S/C20H31N3O2/c1-3-25-20(24)19-16-23(14-13-21(19)2)18-9-11-22(12-10-18)15-17-7-5-4-6-8-17/h4-8,18-19H,3,9-16H2,1-2H3. The van der Waals surface area contributed by atoms with Crippen LogP contribution in [0.1, 0.15) is 25.3 Å². The van der Waals surface area contributed by atoms with Crippen molar-refractivity contribution >= 4 is 5.97 Å². The number of ether oxygens (including phenoxy) is 1. The number of likely N-dealkylation sites (tertiary alicyclic amines) is 1. The van der Waals surface area contributed by atoms with Gasteiger partial charge in [-0.15, -0.1) is 0 Å². The van der Waals surface area contributed by atoms with Gasteiger partial charge in [0.05, 0.1) is 6.61 Å². The molecule has 0 aliphatic carbocycles. The molecule has 2 aliphatic rings. The summed E-state index contributed by atoms with van der Waals surface area (Å²) in [7, 11) is 2.03. The van der Waals surface area contributed by atoms with E-state index in [1.807, 2.05) is 14.0 Å². The molecule has 1 aromatic carbocycles. The molecule has 1 atom stereocenters. The number of carbonyl (C=O) groups is 1. The highest BCUT2D eigenvalue weighted by atomic mass is 16.5. The summed E-state index contributed by atoms with van der Waals surface area (Å²) < 4.78 is 5.26. The van der Waals surface area contributed by atoms with Gasteiger partial charge in [0.15, 0.2) is 0 Å². The van der Waals surface area contributed by atoms with Crippen molar-refractivity contribution < 1.29 is 9.53 Å². The first-order valence-electron chi connectivity index (χ1n) is 9.54. The number of rotatable bonds is 5. The van der Waals surface area contributed by atoms with E-state index in [-0.39, 0.29) is 12.0 Å². The number of piperazine rings is 1. The zero-order valence-electron chi connectivity index (χ0n) is 15.6. The predicted molar refractivity (Wildman–Crippen MR) is 99.4 cm³/mol. The van der Waals surface area contributed by atoms with Gasteiger partial charge in [0, 0.05) is 32.2 Å². The van der Waals surface area contributed by atoms with Crippen molar-refractivity contribution in [2.75, 3.05) is 46.4 Å². The van der Waals surface area contributed by atoms with Crippen LogP contribution in [-0.4, -0.2) is 79.1 Å². The molecule has 0 amide bonds. The van der Waals surface area contributed by atoms with Crippen LogP contribution >= 0.6 is 0 Å². The quantitative estimate of drug-likeness (QED) is 0.761. The number of esters is 1. The predicted octanol–water partition coefficient (Wildman–Crippen LogP) is 1.83. The third kappa shape index (κ3) is 4.81. The molecule has 2 saturated heterocycles. The largest absolute Gasteiger partial charge is 0.465 e. The zero-order chi connectivity index (χ0) is 17.6. The van der Waals surface area contributed by atoms with E-state index in [1.54, 1.807) is 0 Å². The highest BCUT2D eigenvalue weighted by Gasteiger charge is 2.35. The molecular weight excluding hydrogens is 314 g/mol. The fourth-order valence-electron chi connectivity index (χ4n) is 4.00. The van der Waals surface area contributed by atoms with Crippen molar-refractivity contribution in [3.63, 3.8) is 0 Å². The van der Waals surface area contributed by atoms with E-state index in [1.165, 1.54) is 18.4 Å². The van der Waals surface area contributed by atoms with Crippen molar-refractivity contribution in [1.29, 1.82) is 0 Å². The lowest BCUT2D eigenvalue weighted by atomic mass is 10.00. The third-order valence-corrected chi connectivity index (χ3v) is 5.56. The number of benzene rings is 1. The maximum Gasteiger partial charge on any atom is 0.324 e. The summed E-state index contributed by atoms with van der Waals surface area (Å²) in [5.74, 6) is -0.0730. The molecule has 1 unspecified atom stereocenters. The minimum absolute atomic E-state index is 0.0730. The lowest BCUT2D eigenvalue weighted by molar-refractivity contribution is -0.152. The van der Waals surface area contributed by atoms with Crippen molar-refractivity contribution in [3.05, 3.63) is 35.9 Å². The molecule has 1 aromatic rings. The van der Waals surface area contributed by atoms with Crippen molar-refractivity contribution in [2.24, 2.45) is 0 Å². The summed E-state index contributed by atoms with van der Waals surface area (Å²) in [6, 6.07) is 11.2. The third-order valence-electron chi connectivity index (χ3n) is 5.56. The van der Waals surface area contributed by atoms with Crippen LogP contribution < -0.4 is 0 Å². The van der Waals surface area contributed by atoms with Gasteiger partial charge < -0.3 is 4.74 Å². The Kier molecular flexibility index (Phi) is 6.45. The Bertz CT molecular complexity index is 543. The van der Waals surface area contributed by atoms with Gasteiger partial charge in [-0.25, -0.2) is 0 Å². The first kappa shape index (κ1) is 18.4. The second kappa shape index (κ2) is 8.79. The van der Waals surface area contributed by atoms with Gasteiger partial charge in [0.2, 0.25) is 0 Å². The van der Waals surface area contributed by atoms with Gasteiger partial charge in [-0.2, -0.15) is 0 Å². The van der Waals surface area contributed by atoms with Crippen LogP contribution in [0.4, 0.5) is 0 Å². The van der Waals surface area contributed by atoms with Crippen LogP contribution in [0, 0.1) is 0 Å². The summed E-state index contributed by atoms with van der Waals surface area (Å²) in [6.45, 7) is 8.44. The molecule has 0 radical (unpaired) electrons. The first-order valence-corrected chi connectivity index (χ1v) is 9.54. The van der Waals surface area contributed by atoms with Crippen LogP contribution in [-0.2, 0) is 16.1 Å². The van der Waals surface area contributed by atoms with Crippen LogP contribution in [0.15, 0.2) is 30.3 Å². The Morgan fingerprint density at radius 1 is 1.12 bits per heavy atom. The topological polar surface area (TPSA) is 36.0 Å². The fourth-order valence-corrected chi connectivity index (χ4v) is 4.00. The van der Waals surface area contributed by atoms with Gasteiger partial charge in [-0.1, -0.05) is 30.3 Å². The van der Waals surface area contributed by atoms with Crippen LogP contribution in [0.5, 0.6) is 0 Å². The number of hydrogen-bond acceptors (Lipinski definition) is 5. The molecule has 5 heteroatoms. The second-order valence-corrected chi connectivity index (χ2v) is 7.24. The second-order valence-electron chi connectivity index (χ2n) is 7.24. The minimum Gasteiger partial charge on any atom is -0.465 e. The summed E-state index contributed by atoms with van der Waals surface area (Å²) in [5.41, 5.74) is 1.39. The van der Waals surface area contributed by atoms with Crippen molar-refractivity contribution in [3.8, 4) is 0 Å². The van der Waals surface area contributed by atoms with E-state index in [9.17, 15) is 4.79 Å². The summed E-state index contributed by atoms with van der Waals surface area (Å²) >= 11 is 0. The highest BCUT2D eigenvalue weighted by molar-refractivity contribution is 5.76.